The highest BCUT2D eigenvalue weighted by Crippen LogP contribution is 2.45. The van der Waals surface area contributed by atoms with Crippen LogP contribution in [-0.4, -0.2) is 29.5 Å². The molecule has 0 atom stereocenters. The fourth-order valence-electron chi connectivity index (χ4n) is 2.38. The second kappa shape index (κ2) is 4.43. The molecule has 1 saturated carbocycles. The second-order valence-electron chi connectivity index (χ2n) is 5.27. The normalized spacial score (nSPS) is 19.4. The fourth-order valence-corrected chi connectivity index (χ4v) is 2.38. The van der Waals surface area contributed by atoms with Gasteiger partial charge in [0.05, 0.1) is 7.11 Å². The molecule has 0 aromatic carbocycles. The number of amides is 1. The van der Waals surface area contributed by atoms with Gasteiger partial charge in [0.2, 0.25) is 5.88 Å². The molecule has 0 spiro atoms. The summed E-state index contributed by atoms with van der Waals surface area (Å²) in [5.74, 6) is -2.73. The monoisotopic (exact) mass is 270 g/mol. The maximum absolute atomic E-state index is 12.9. The van der Waals surface area contributed by atoms with Crippen molar-refractivity contribution in [3.8, 4) is 5.88 Å². The molecule has 6 heteroatoms. The molecule has 0 saturated heterocycles. The zero-order chi connectivity index (χ0) is 14.3. The molecule has 4 nitrogen and oxygen atoms in total. The average Bonchev–Trinajstić information content (AvgIpc) is 2.26. The topological polar surface area (TPSA) is 51.2 Å². The van der Waals surface area contributed by atoms with Crippen LogP contribution in [0.1, 0.15) is 35.7 Å². The summed E-state index contributed by atoms with van der Waals surface area (Å²) < 4.78 is 30.8. The Kier molecular flexibility index (Phi) is 3.20. The number of alkyl halides is 2. The first-order valence-corrected chi connectivity index (χ1v) is 5.96. The number of nitrogens with zero attached hydrogens (tertiary/aromatic N) is 1. The standard InChI is InChI=1S/C13H16F2N2O2/c1-8-5-16-10(19-3)4-9(8)11(18)17-12(2)6-13(14,15)7-12/h4-5H,6-7H2,1-3H3,(H,17,18). The minimum atomic E-state index is -2.67. The number of aryl methyl sites for hydroxylation is 1. The zero-order valence-corrected chi connectivity index (χ0v) is 11.1. The number of carbonyl (C=O) groups is 1. The third-order valence-electron chi connectivity index (χ3n) is 3.24. The molecule has 0 bridgehead atoms. The molecular weight excluding hydrogens is 254 g/mol. The lowest BCUT2D eigenvalue weighted by molar-refractivity contribution is -0.124. The van der Waals surface area contributed by atoms with Gasteiger partial charge in [-0.05, 0) is 19.4 Å². The van der Waals surface area contributed by atoms with Crippen LogP contribution in [0.2, 0.25) is 0 Å². The number of halogens is 2. The van der Waals surface area contributed by atoms with E-state index in [1.165, 1.54) is 19.4 Å². The van der Waals surface area contributed by atoms with Crippen LogP contribution in [-0.2, 0) is 0 Å². The SMILES string of the molecule is COc1cc(C(=O)NC2(C)CC(F)(F)C2)c(C)cn1. The molecule has 2 rings (SSSR count). The molecule has 0 unspecified atom stereocenters. The number of ether oxygens (including phenoxy) is 1. The number of pyridine rings is 1. The second-order valence-corrected chi connectivity index (χ2v) is 5.27. The van der Waals surface area contributed by atoms with Gasteiger partial charge in [-0.1, -0.05) is 0 Å². The van der Waals surface area contributed by atoms with Crippen molar-refractivity contribution in [3.05, 3.63) is 23.4 Å². The third-order valence-corrected chi connectivity index (χ3v) is 3.24. The molecule has 1 aliphatic carbocycles. The Balaban J connectivity index is 2.13. The lowest BCUT2D eigenvalue weighted by Gasteiger charge is -2.45. The first-order valence-electron chi connectivity index (χ1n) is 5.96. The van der Waals surface area contributed by atoms with Gasteiger partial charge in [-0.2, -0.15) is 0 Å². The first-order chi connectivity index (χ1) is 8.75. The summed E-state index contributed by atoms with van der Waals surface area (Å²) in [4.78, 5) is 16.1. The van der Waals surface area contributed by atoms with E-state index in [4.69, 9.17) is 4.74 Å². The van der Waals surface area contributed by atoms with E-state index in [1.807, 2.05) is 0 Å². The zero-order valence-electron chi connectivity index (χ0n) is 11.1. The Morgan fingerprint density at radius 2 is 2.11 bits per heavy atom. The lowest BCUT2D eigenvalue weighted by atomic mass is 9.75. The predicted octanol–water partition coefficient (Wildman–Crippen LogP) is 2.32. The van der Waals surface area contributed by atoms with Crippen LogP contribution in [0.3, 0.4) is 0 Å². The Morgan fingerprint density at radius 1 is 1.47 bits per heavy atom. The molecule has 1 N–H and O–H groups in total. The van der Waals surface area contributed by atoms with E-state index in [2.05, 4.69) is 10.3 Å². The van der Waals surface area contributed by atoms with Gasteiger partial charge in [0, 0.05) is 36.2 Å². The Labute approximate surface area is 110 Å². The largest absolute Gasteiger partial charge is 0.481 e. The Morgan fingerprint density at radius 3 is 2.63 bits per heavy atom. The van der Waals surface area contributed by atoms with E-state index in [1.54, 1.807) is 13.8 Å². The summed E-state index contributed by atoms with van der Waals surface area (Å²) in [5, 5.41) is 2.65. The van der Waals surface area contributed by atoms with Gasteiger partial charge in [-0.15, -0.1) is 0 Å². The van der Waals surface area contributed by atoms with Crippen molar-refractivity contribution in [3.63, 3.8) is 0 Å². The summed E-state index contributed by atoms with van der Waals surface area (Å²) in [7, 11) is 1.45. The van der Waals surface area contributed by atoms with Crippen LogP contribution in [0.25, 0.3) is 0 Å². The van der Waals surface area contributed by atoms with E-state index in [0.29, 0.717) is 17.0 Å². The van der Waals surface area contributed by atoms with Gasteiger partial charge < -0.3 is 10.1 Å². The number of rotatable bonds is 3. The molecule has 1 heterocycles. The summed E-state index contributed by atoms with van der Waals surface area (Å²) in [6.07, 6.45) is 0.867. The summed E-state index contributed by atoms with van der Waals surface area (Å²) >= 11 is 0. The van der Waals surface area contributed by atoms with Gasteiger partial charge in [-0.3, -0.25) is 4.79 Å². The van der Waals surface area contributed by atoms with Crippen molar-refractivity contribution in [2.75, 3.05) is 7.11 Å². The number of hydrogen-bond acceptors (Lipinski definition) is 3. The van der Waals surface area contributed by atoms with E-state index in [9.17, 15) is 13.6 Å². The van der Waals surface area contributed by atoms with Gasteiger partial charge in [0.15, 0.2) is 0 Å². The lowest BCUT2D eigenvalue weighted by Crippen LogP contribution is -2.60. The van der Waals surface area contributed by atoms with Crippen LogP contribution >= 0.6 is 0 Å². The van der Waals surface area contributed by atoms with Crippen LogP contribution in [0.5, 0.6) is 5.88 Å². The predicted molar refractivity (Wildman–Crippen MR) is 65.6 cm³/mol. The maximum atomic E-state index is 12.9. The molecule has 1 aromatic heterocycles. The van der Waals surface area contributed by atoms with E-state index in [0.717, 1.165) is 0 Å². The molecule has 104 valence electrons. The van der Waals surface area contributed by atoms with Crippen LogP contribution in [0, 0.1) is 6.92 Å². The summed E-state index contributed by atoms with van der Waals surface area (Å²) in [6.45, 7) is 3.36. The Hall–Kier alpha value is -1.72. The molecule has 19 heavy (non-hydrogen) atoms. The van der Waals surface area contributed by atoms with Crippen molar-refractivity contribution in [1.29, 1.82) is 0 Å². The average molecular weight is 270 g/mol. The van der Waals surface area contributed by atoms with Gasteiger partial charge in [0.25, 0.3) is 11.8 Å². The molecule has 0 aliphatic heterocycles. The van der Waals surface area contributed by atoms with Crippen molar-refractivity contribution in [2.45, 2.75) is 38.2 Å². The van der Waals surface area contributed by atoms with E-state index < -0.39 is 11.5 Å². The van der Waals surface area contributed by atoms with Crippen molar-refractivity contribution < 1.29 is 18.3 Å². The highest BCUT2D eigenvalue weighted by Gasteiger charge is 2.54. The number of nitrogens with one attached hydrogen (secondary N) is 1. The summed E-state index contributed by atoms with van der Waals surface area (Å²) in [6, 6.07) is 1.50. The third kappa shape index (κ3) is 2.83. The van der Waals surface area contributed by atoms with Gasteiger partial charge in [-0.25, -0.2) is 13.8 Å². The van der Waals surface area contributed by atoms with Gasteiger partial charge >= 0.3 is 0 Å². The number of carbonyl (C=O) groups excluding carboxylic acids is 1. The minimum absolute atomic E-state index is 0.319. The smallest absolute Gasteiger partial charge is 0.252 e. The maximum Gasteiger partial charge on any atom is 0.252 e. The Bertz CT molecular complexity index is 509. The van der Waals surface area contributed by atoms with Crippen LogP contribution in [0.15, 0.2) is 12.3 Å². The molecule has 1 fully saturated rings. The van der Waals surface area contributed by atoms with Crippen LogP contribution in [0.4, 0.5) is 8.78 Å². The minimum Gasteiger partial charge on any atom is -0.481 e. The van der Waals surface area contributed by atoms with E-state index >= 15 is 0 Å². The van der Waals surface area contributed by atoms with Crippen molar-refractivity contribution in [2.24, 2.45) is 0 Å². The number of hydrogen-bond donors (Lipinski definition) is 1. The quantitative estimate of drug-likeness (QED) is 0.917. The molecule has 1 aromatic rings. The fraction of sp³-hybridized carbons (Fsp3) is 0.538. The number of methoxy groups -OCH3 is 1. The van der Waals surface area contributed by atoms with Gasteiger partial charge in [0.1, 0.15) is 0 Å². The highest BCUT2D eigenvalue weighted by molar-refractivity contribution is 5.96. The molecule has 1 aliphatic rings. The summed E-state index contributed by atoms with van der Waals surface area (Å²) in [5.41, 5.74) is 0.222. The highest BCUT2D eigenvalue weighted by atomic mass is 19.3. The molecule has 0 radical (unpaired) electrons. The molecular formula is C13H16F2N2O2. The van der Waals surface area contributed by atoms with E-state index in [-0.39, 0.29) is 18.7 Å². The number of aromatic nitrogens is 1. The van der Waals surface area contributed by atoms with Crippen LogP contribution < -0.4 is 10.1 Å². The van der Waals surface area contributed by atoms with Crippen molar-refractivity contribution in [1.82, 2.24) is 10.3 Å². The van der Waals surface area contributed by atoms with Crippen molar-refractivity contribution >= 4 is 5.91 Å². The molecule has 1 amide bonds. The first kappa shape index (κ1) is 13.7.